The molecule has 0 spiro atoms. The first kappa shape index (κ1) is 21.0. The van der Waals surface area contributed by atoms with Crippen molar-refractivity contribution < 1.29 is 4.74 Å². The third kappa shape index (κ3) is 4.12. The lowest BCUT2D eigenvalue weighted by atomic mass is 9.76. The molecule has 1 aliphatic carbocycles. The predicted molar refractivity (Wildman–Crippen MR) is 137 cm³/mol. The molecule has 3 atom stereocenters. The molecule has 0 unspecified atom stereocenters. The highest BCUT2D eigenvalue weighted by Gasteiger charge is 2.37. The second-order valence-corrected chi connectivity index (χ2v) is 9.45. The number of anilines is 1. The van der Waals surface area contributed by atoms with E-state index in [2.05, 4.69) is 82.8 Å². The summed E-state index contributed by atoms with van der Waals surface area (Å²) in [5.74, 6) is 1.88. The molecular formula is C28H27BrN2O. The smallest absolute Gasteiger partial charge is 0.128 e. The van der Waals surface area contributed by atoms with Gasteiger partial charge in [-0.25, -0.2) is 0 Å². The summed E-state index contributed by atoms with van der Waals surface area (Å²) in [5.41, 5.74) is 7.22. The van der Waals surface area contributed by atoms with E-state index in [1.165, 1.54) is 22.4 Å². The lowest BCUT2D eigenvalue weighted by molar-refractivity contribution is 0.339. The molecule has 0 radical (unpaired) electrons. The number of nitrogens with one attached hydrogen (secondary N) is 1. The number of aliphatic imine (C=N–C) groups is 1. The largest absolute Gasteiger partial charge is 0.493 e. The van der Waals surface area contributed by atoms with Crippen LogP contribution in [-0.4, -0.2) is 12.8 Å². The number of allylic oxidation sites excluding steroid dienone is 2. The molecule has 0 bridgehead atoms. The van der Waals surface area contributed by atoms with E-state index >= 15 is 0 Å². The van der Waals surface area contributed by atoms with E-state index in [1.54, 1.807) is 0 Å². The highest BCUT2D eigenvalue weighted by atomic mass is 79.9. The number of fused-ring (bicyclic) bond motifs is 3. The fourth-order valence-electron chi connectivity index (χ4n) is 4.86. The molecule has 162 valence electrons. The van der Waals surface area contributed by atoms with Gasteiger partial charge in [-0.15, -0.1) is 0 Å². The van der Waals surface area contributed by atoms with Gasteiger partial charge in [-0.2, -0.15) is 0 Å². The minimum absolute atomic E-state index is 0.304. The first-order valence-corrected chi connectivity index (χ1v) is 12.0. The summed E-state index contributed by atoms with van der Waals surface area (Å²) >= 11 is 3.54. The molecule has 2 aliphatic rings. The van der Waals surface area contributed by atoms with Crippen molar-refractivity contribution in [2.45, 2.75) is 32.2 Å². The number of halogens is 1. The van der Waals surface area contributed by atoms with Crippen LogP contribution in [0.15, 0.2) is 82.3 Å². The number of rotatable bonds is 5. The van der Waals surface area contributed by atoms with Gasteiger partial charge in [0.1, 0.15) is 5.75 Å². The first-order chi connectivity index (χ1) is 15.6. The van der Waals surface area contributed by atoms with Crippen molar-refractivity contribution in [3.63, 3.8) is 0 Å². The van der Waals surface area contributed by atoms with E-state index in [0.29, 0.717) is 24.5 Å². The molecule has 32 heavy (non-hydrogen) atoms. The number of hydrogen-bond acceptors (Lipinski definition) is 3. The van der Waals surface area contributed by atoms with Crippen molar-refractivity contribution in [3.8, 4) is 5.75 Å². The summed E-state index contributed by atoms with van der Waals surface area (Å²) < 4.78 is 6.74. The molecule has 0 saturated carbocycles. The van der Waals surface area contributed by atoms with Crippen LogP contribution in [0.4, 0.5) is 11.4 Å². The predicted octanol–water partition coefficient (Wildman–Crippen LogP) is 7.73. The molecule has 4 heteroatoms. The number of benzene rings is 3. The van der Waals surface area contributed by atoms with Crippen LogP contribution in [0.5, 0.6) is 5.75 Å². The second-order valence-electron chi connectivity index (χ2n) is 8.53. The molecule has 1 N–H and O–H groups in total. The lowest BCUT2D eigenvalue weighted by Gasteiger charge is -2.37. The van der Waals surface area contributed by atoms with Crippen molar-refractivity contribution >= 4 is 33.5 Å². The zero-order valence-electron chi connectivity index (χ0n) is 18.4. The molecular weight excluding hydrogens is 460 g/mol. The van der Waals surface area contributed by atoms with Crippen LogP contribution in [0, 0.1) is 12.8 Å². The van der Waals surface area contributed by atoms with Gasteiger partial charge in [0.05, 0.1) is 18.3 Å². The van der Waals surface area contributed by atoms with E-state index in [-0.39, 0.29) is 0 Å². The standard InChI is InChI=1S/C28H27BrN2O/c1-3-32-27-14-10-21(29)16-20(27)17-30-22-11-8-19(9-12-22)28-24-6-4-5-23(24)25-15-18(2)7-13-26(25)31-28/h4-5,7-17,23-24,28,31H,3,6H2,1-2H3/t23-,24-,28+/m1/s1. The second kappa shape index (κ2) is 8.95. The Kier molecular flexibility index (Phi) is 5.88. The normalized spacial score (nSPS) is 21.3. The monoisotopic (exact) mass is 486 g/mol. The summed E-state index contributed by atoms with van der Waals surface area (Å²) in [4.78, 5) is 4.70. The van der Waals surface area contributed by atoms with Gasteiger partial charge in [-0.3, -0.25) is 4.99 Å². The summed E-state index contributed by atoms with van der Waals surface area (Å²) in [6.07, 6.45) is 7.72. The number of aryl methyl sites for hydroxylation is 1. The Morgan fingerprint density at radius 1 is 1.09 bits per heavy atom. The molecule has 0 amide bonds. The average Bonchev–Trinajstić information content (AvgIpc) is 3.30. The molecule has 1 heterocycles. The molecule has 0 aromatic heterocycles. The van der Waals surface area contributed by atoms with E-state index in [4.69, 9.17) is 9.73 Å². The lowest BCUT2D eigenvalue weighted by Crippen LogP contribution is -2.29. The van der Waals surface area contributed by atoms with Gasteiger partial charge < -0.3 is 10.1 Å². The molecule has 1 aliphatic heterocycles. The zero-order chi connectivity index (χ0) is 22.1. The van der Waals surface area contributed by atoms with Crippen LogP contribution in [0.1, 0.15) is 47.6 Å². The summed E-state index contributed by atoms with van der Waals surface area (Å²) in [5, 5.41) is 3.82. The molecule has 0 saturated heterocycles. The van der Waals surface area contributed by atoms with Crippen molar-refractivity contribution in [3.05, 3.63) is 99.5 Å². The van der Waals surface area contributed by atoms with Crippen LogP contribution in [-0.2, 0) is 0 Å². The van der Waals surface area contributed by atoms with E-state index in [9.17, 15) is 0 Å². The van der Waals surface area contributed by atoms with Crippen molar-refractivity contribution in [1.82, 2.24) is 0 Å². The first-order valence-electron chi connectivity index (χ1n) is 11.2. The number of ether oxygens (including phenoxy) is 1. The van der Waals surface area contributed by atoms with Gasteiger partial charge in [0.25, 0.3) is 0 Å². The van der Waals surface area contributed by atoms with Crippen LogP contribution in [0.2, 0.25) is 0 Å². The van der Waals surface area contributed by atoms with Crippen molar-refractivity contribution in [2.75, 3.05) is 11.9 Å². The minimum Gasteiger partial charge on any atom is -0.493 e. The third-order valence-corrected chi connectivity index (χ3v) is 6.89. The number of nitrogens with zero attached hydrogens (tertiary/aromatic N) is 1. The van der Waals surface area contributed by atoms with E-state index in [1.807, 2.05) is 31.3 Å². The molecule has 0 fully saturated rings. The van der Waals surface area contributed by atoms with Crippen molar-refractivity contribution in [2.24, 2.45) is 10.9 Å². The van der Waals surface area contributed by atoms with Gasteiger partial charge in [-0.1, -0.05) is 57.9 Å². The Morgan fingerprint density at radius 2 is 1.94 bits per heavy atom. The maximum absolute atomic E-state index is 5.73. The summed E-state index contributed by atoms with van der Waals surface area (Å²) in [6.45, 7) is 4.79. The third-order valence-electron chi connectivity index (χ3n) is 6.39. The Labute approximate surface area is 198 Å². The van der Waals surface area contributed by atoms with Gasteiger partial charge in [0, 0.05) is 27.9 Å². The average molecular weight is 487 g/mol. The van der Waals surface area contributed by atoms with Crippen LogP contribution in [0.3, 0.4) is 0 Å². The quantitative estimate of drug-likeness (QED) is 0.295. The number of hydrogen-bond donors (Lipinski definition) is 1. The van der Waals surface area contributed by atoms with Gasteiger partial charge in [0.2, 0.25) is 0 Å². The zero-order valence-corrected chi connectivity index (χ0v) is 20.0. The molecule has 5 rings (SSSR count). The maximum Gasteiger partial charge on any atom is 0.128 e. The van der Waals surface area contributed by atoms with Gasteiger partial charge in [0.15, 0.2) is 0 Å². The van der Waals surface area contributed by atoms with Crippen LogP contribution >= 0.6 is 15.9 Å². The molecule has 3 aromatic carbocycles. The van der Waals surface area contributed by atoms with E-state index in [0.717, 1.165) is 27.9 Å². The van der Waals surface area contributed by atoms with E-state index < -0.39 is 0 Å². The fraction of sp³-hybridized carbons (Fsp3) is 0.250. The molecule has 3 aromatic rings. The maximum atomic E-state index is 5.73. The minimum atomic E-state index is 0.304. The Hall–Kier alpha value is -2.85. The Bertz CT molecular complexity index is 1180. The summed E-state index contributed by atoms with van der Waals surface area (Å²) in [6, 6.07) is 21.7. The molecule has 3 nitrogen and oxygen atoms in total. The van der Waals surface area contributed by atoms with Gasteiger partial charge >= 0.3 is 0 Å². The van der Waals surface area contributed by atoms with Gasteiger partial charge in [-0.05, 0) is 73.7 Å². The summed E-state index contributed by atoms with van der Waals surface area (Å²) in [7, 11) is 0. The fourth-order valence-corrected chi connectivity index (χ4v) is 5.24. The Balaban J connectivity index is 1.38. The topological polar surface area (TPSA) is 33.6 Å². The highest BCUT2D eigenvalue weighted by Crippen LogP contribution is 2.50. The Morgan fingerprint density at radius 3 is 2.75 bits per heavy atom. The van der Waals surface area contributed by atoms with Crippen LogP contribution < -0.4 is 10.1 Å². The SMILES string of the molecule is CCOc1ccc(Br)cc1C=Nc1ccc([C@@H]2Nc3ccc(C)cc3[C@@H]3C=CC[C@H]32)cc1. The van der Waals surface area contributed by atoms with Crippen molar-refractivity contribution in [1.29, 1.82) is 0 Å². The highest BCUT2D eigenvalue weighted by molar-refractivity contribution is 9.10. The van der Waals surface area contributed by atoms with Crippen LogP contribution in [0.25, 0.3) is 0 Å².